The van der Waals surface area contributed by atoms with Crippen LogP contribution in [0.15, 0.2) is 47.4 Å². The maximum Gasteiger partial charge on any atom is 0.194 e. The summed E-state index contributed by atoms with van der Waals surface area (Å²) >= 11 is -1.30. The molecule has 0 radical (unpaired) electrons. The predicted molar refractivity (Wildman–Crippen MR) is 104 cm³/mol. The molecule has 2 aromatic rings. The summed E-state index contributed by atoms with van der Waals surface area (Å²) < 4.78 is 16.8. The lowest BCUT2D eigenvalue weighted by atomic mass is 10.1. The van der Waals surface area contributed by atoms with Crippen LogP contribution in [0, 0.1) is 0 Å². The summed E-state index contributed by atoms with van der Waals surface area (Å²) in [6.07, 6.45) is 2.66. The van der Waals surface area contributed by atoms with E-state index in [0.29, 0.717) is 17.0 Å². The number of aromatic hydroxyl groups is 1. The van der Waals surface area contributed by atoms with Crippen LogP contribution in [-0.4, -0.2) is 40.7 Å². The second-order valence-corrected chi connectivity index (χ2v) is 7.74. The molecule has 6 heteroatoms. The van der Waals surface area contributed by atoms with E-state index >= 15 is 0 Å². The van der Waals surface area contributed by atoms with Crippen LogP contribution in [-0.2, 0) is 17.6 Å². The van der Waals surface area contributed by atoms with E-state index in [2.05, 4.69) is 24.4 Å². The molecule has 142 valence electrons. The van der Waals surface area contributed by atoms with Gasteiger partial charge in [-0.2, -0.15) is 0 Å². The van der Waals surface area contributed by atoms with Gasteiger partial charge in [-0.05, 0) is 60.3 Å². The Balaban J connectivity index is 1.82. The first-order valence-electron chi connectivity index (χ1n) is 8.61. The molecule has 0 bridgehead atoms. The smallest absolute Gasteiger partial charge is 0.194 e. The number of benzene rings is 2. The fourth-order valence-electron chi connectivity index (χ4n) is 2.68. The second-order valence-electron chi connectivity index (χ2n) is 6.39. The summed E-state index contributed by atoms with van der Waals surface area (Å²) in [6, 6.07) is 13.0. The third-order valence-corrected chi connectivity index (χ3v) is 5.31. The molecule has 3 N–H and O–H groups in total. The molecule has 3 unspecified atom stereocenters. The highest BCUT2D eigenvalue weighted by molar-refractivity contribution is 7.90. The van der Waals surface area contributed by atoms with Gasteiger partial charge in [-0.15, -0.1) is 0 Å². The largest absolute Gasteiger partial charge is 0.612 e. The van der Waals surface area contributed by atoms with E-state index in [1.165, 1.54) is 17.9 Å². The van der Waals surface area contributed by atoms with Crippen molar-refractivity contribution in [2.45, 2.75) is 36.8 Å². The standard InChI is InChI=1S/C20H27NO4S/c1-14(4-5-15-6-9-17(25-2)10-7-15)21-13-19(23)16-8-11-18(22)20(12-16)26(3)24/h6-12,14,19,21-23H,4-5,13H2,1-3H3. The van der Waals surface area contributed by atoms with Gasteiger partial charge in [0, 0.05) is 18.7 Å². The molecule has 2 rings (SSSR count). The van der Waals surface area contributed by atoms with E-state index in [-0.39, 0.29) is 11.8 Å². The summed E-state index contributed by atoms with van der Waals surface area (Å²) in [4.78, 5) is 0.342. The van der Waals surface area contributed by atoms with E-state index in [4.69, 9.17) is 4.74 Å². The SMILES string of the molecule is COc1ccc(CCC(C)NCC(O)c2ccc(O)c([S+](C)[O-])c2)cc1. The zero-order valence-corrected chi connectivity index (χ0v) is 16.3. The zero-order chi connectivity index (χ0) is 19.1. The van der Waals surface area contributed by atoms with E-state index in [9.17, 15) is 14.8 Å². The minimum absolute atomic E-state index is 0.0115. The minimum atomic E-state index is -1.30. The third kappa shape index (κ3) is 5.92. The summed E-state index contributed by atoms with van der Waals surface area (Å²) in [6.45, 7) is 2.48. The number of hydrogen-bond donors (Lipinski definition) is 3. The fourth-order valence-corrected chi connectivity index (χ4v) is 3.34. The highest BCUT2D eigenvalue weighted by Gasteiger charge is 2.16. The van der Waals surface area contributed by atoms with Gasteiger partial charge < -0.3 is 24.8 Å². The molecule has 0 aromatic heterocycles. The Morgan fingerprint density at radius 2 is 1.88 bits per heavy atom. The molecule has 0 amide bonds. The molecule has 0 heterocycles. The Morgan fingerprint density at radius 1 is 1.19 bits per heavy atom. The molecular weight excluding hydrogens is 350 g/mol. The Morgan fingerprint density at radius 3 is 2.50 bits per heavy atom. The molecule has 5 nitrogen and oxygen atoms in total. The van der Waals surface area contributed by atoms with Gasteiger partial charge in [-0.3, -0.25) is 0 Å². The summed E-state index contributed by atoms with van der Waals surface area (Å²) in [5.41, 5.74) is 1.89. The number of nitrogens with one attached hydrogen (secondary N) is 1. The first kappa shape index (κ1) is 20.6. The normalized spacial score (nSPS) is 14.7. The van der Waals surface area contributed by atoms with Crippen LogP contribution in [0.1, 0.15) is 30.6 Å². The van der Waals surface area contributed by atoms with Crippen molar-refractivity contribution >= 4 is 11.2 Å². The first-order chi connectivity index (χ1) is 12.4. The van der Waals surface area contributed by atoms with Crippen LogP contribution in [0.25, 0.3) is 0 Å². The van der Waals surface area contributed by atoms with Crippen molar-refractivity contribution in [1.82, 2.24) is 5.32 Å². The lowest BCUT2D eigenvalue weighted by Gasteiger charge is -2.18. The van der Waals surface area contributed by atoms with Gasteiger partial charge in [0.25, 0.3) is 0 Å². The molecule has 0 spiro atoms. The summed E-state index contributed by atoms with van der Waals surface area (Å²) in [7, 11) is 1.65. The second kappa shape index (κ2) is 9.83. The van der Waals surface area contributed by atoms with Crippen molar-refractivity contribution in [3.63, 3.8) is 0 Å². The molecule has 0 saturated carbocycles. The molecule has 26 heavy (non-hydrogen) atoms. The van der Waals surface area contributed by atoms with Gasteiger partial charge in [0.2, 0.25) is 0 Å². The number of aliphatic hydroxyl groups excluding tert-OH is 1. The van der Waals surface area contributed by atoms with Gasteiger partial charge in [-0.1, -0.05) is 18.2 Å². The molecule has 0 aliphatic rings. The lowest BCUT2D eigenvalue weighted by molar-refractivity contribution is 0.169. The summed E-state index contributed by atoms with van der Waals surface area (Å²) in [5, 5.41) is 23.4. The van der Waals surface area contributed by atoms with Crippen molar-refractivity contribution in [3.8, 4) is 11.5 Å². The average Bonchev–Trinajstić information content (AvgIpc) is 2.64. The van der Waals surface area contributed by atoms with E-state index in [0.717, 1.165) is 18.6 Å². The third-order valence-electron chi connectivity index (χ3n) is 4.36. The van der Waals surface area contributed by atoms with Crippen LogP contribution >= 0.6 is 0 Å². The maximum absolute atomic E-state index is 11.6. The van der Waals surface area contributed by atoms with Crippen LogP contribution in [0.2, 0.25) is 0 Å². The Labute approximate surface area is 158 Å². The zero-order valence-electron chi connectivity index (χ0n) is 15.4. The Hall–Kier alpha value is -1.73. The highest BCUT2D eigenvalue weighted by Crippen LogP contribution is 2.26. The number of phenolic OH excluding ortho intramolecular Hbond substituents is 1. The molecule has 2 aromatic carbocycles. The van der Waals surface area contributed by atoms with E-state index < -0.39 is 17.3 Å². The molecular formula is C20H27NO4S. The van der Waals surface area contributed by atoms with Gasteiger partial charge in [0.15, 0.2) is 10.6 Å². The monoisotopic (exact) mass is 377 g/mol. The van der Waals surface area contributed by atoms with Crippen molar-refractivity contribution in [2.75, 3.05) is 19.9 Å². The Bertz CT molecular complexity index is 691. The molecule has 0 aliphatic heterocycles. The van der Waals surface area contributed by atoms with Crippen LogP contribution in [0.3, 0.4) is 0 Å². The number of phenols is 1. The average molecular weight is 378 g/mol. The number of methoxy groups -OCH3 is 1. The number of ether oxygens (including phenoxy) is 1. The van der Waals surface area contributed by atoms with Crippen molar-refractivity contribution in [1.29, 1.82) is 0 Å². The number of aryl methyl sites for hydroxylation is 1. The summed E-state index contributed by atoms with van der Waals surface area (Å²) in [5.74, 6) is 0.840. The molecule has 0 fully saturated rings. The van der Waals surface area contributed by atoms with Crippen molar-refractivity contribution < 1.29 is 19.5 Å². The van der Waals surface area contributed by atoms with E-state index in [1.54, 1.807) is 19.2 Å². The van der Waals surface area contributed by atoms with Gasteiger partial charge in [-0.25, -0.2) is 0 Å². The van der Waals surface area contributed by atoms with Gasteiger partial charge in [0.1, 0.15) is 12.0 Å². The van der Waals surface area contributed by atoms with Crippen molar-refractivity contribution in [2.24, 2.45) is 0 Å². The topological polar surface area (TPSA) is 84.8 Å². The van der Waals surface area contributed by atoms with Gasteiger partial charge >= 0.3 is 0 Å². The van der Waals surface area contributed by atoms with Gasteiger partial charge in [0.05, 0.1) is 13.2 Å². The molecule has 0 aliphatic carbocycles. The fraction of sp³-hybridized carbons (Fsp3) is 0.400. The van der Waals surface area contributed by atoms with Crippen molar-refractivity contribution in [3.05, 3.63) is 53.6 Å². The highest BCUT2D eigenvalue weighted by atomic mass is 32.2. The predicted octanol–water partition coefficient (Wildman–Crippen LogP) is 2.78. The van der Waals surface area contributed by atoms with Crippen LogP contribution in [0.4, 0.5) is 0 Å². The van der Waals surface area contributed by atoms with Crippen LogP contribution < -0.4 is 10.1 Å². The van der Waals surface area contributed by atoms with Crippen LogP contribution in [0.5, 0.6) is 11.5 Å². The number of rotatable bonds is 9. The lowest BCUT2D eigenvalue weighted by Crippen LogP contribution is -2.30. The minimum Gasteiger partial charge on any atom is -0.612 e. The Kier molecular flexibility index (Phi) is 7.78. The number of hydrogen-bond acceptors (Lipinski definition) is 5. The quantitative estimate of drug-likeness (QED) is 0.585. The molecule has 3 atom stereocenters. The number of aliphatic hydroxyl groups is 1. The van der Waals surface area contributed by atoms with E-state index in [1.807, 2.05) is 12.1 Å². The molecule has 0 saturated heterocycles. The maximum atomic E-state index is 11.6. The first-order valence-corrected chi connectivity index (χ1v) is 10.2.